The van der Waals surface area contributed by atoms with E-state index in [1.54, 1.807) is 11.3 Å². The number of fused-ring (bicyclic) bond motifs is 1. The summed E-state index contributed by atoms with van der Waals surface area (Å²) in [4.78, 5) is 0.957. The minimum absolute atomic E-state index is 0.454. The lowest BCUT2D eigenvalue weighted by Gasteiger charge is -2.12. The fourth-order valence-corrected chi connectivity index (χ4v) is 4.80. The average Bonchev–Trinajstić information content (AvgIpc) is 3.48. The lowest BCUT2D eigenvalue weighted by atomic mass is 10.0. The van der Waals surface area contributed by atoms with Crippen LogP contribution in [0.25, 0.3) is 11.1 Å². The van der Waals surface area contributed by atoms with Gasteiger partial charge in [0.05, 0.1) is 4.88 Å². The average molecular weight is 424 g/mol. The normalized spacial score (nSPS) is 14.9. The van der Waals surface area contributed by atoms with E-state index in [9.17, 15) is 0 Å². The highest BCUT2D eigenvalue weighted by atomic mass is 32.1. The van der Waals surface area contributed by atoms with Gasteiger partial charge in [0.25, 0.3) is 0 Å². The van der Waals surface area contributed by atoms with Gasteiger partial charge in [0.1, 0.15) is 5.84 Å². The molecule has 0 radical (unpaired) electrons. The van der Waals surface area contributed by atoms with Crippen molar-refractivity contribution in [1.82, 2.24) is 5.32 Å². The fourth-order valence-electron chi connectivity index (χ4n) is 4.17. The maximum atomic E-state index is 8.24. The summed E-state index contributed by atoms with van der Waals surface area (Å²) >= 11 is 1.58. The molecule has 31 heavy (non-hydrogen) atoms. The fraction of sp³-hybridized carbons (Fsp3) is 0.148. The van der Waals surface area contributed by atoms with Crippen LogP contribution in [0.4, 0.5) is 5.69 Å². The summed E-state index contributed by atoms with van der Waals surface area (Å²) in [5.41, 5.74) is 7.60. The van der Waals surface area contributed by atoms with E-state index in [1.165, 1.54) is 27.8 Å². The number of rotatable bonds is 6. The van der Waals surface area contributed by atoms with Crippen molar-refractivity contribution in [3.63, 3.8) is 0 Å². The summed E-state index contributed by atoms with van der Waals surface area (Å²) in [7, 11) is 0. The standard InChI is InChI=1S/C27H25N3S/c28-27(26-7-4-14-31-26)30-24-13-12-22-15-25(17-23(22)16-24)29-18-19-8-10-21(11-9-19)20-5-2-1-3-6-20/h1-14,16,25,29H,15,17-18H2,(H2,28,30). The molecule has 1 aliphatic carbocycles. The molecule has 0 amide bonds. The van der Waals surface area contributed by atoms with Gasteiger partial charge in [0, 0.05) is 18.3 Å². The van der Waals surface area contributed by atoms with E-state index in [0.717, 1.165) is 30.0 Å². The summed E-state index contributed by atoms with van der Waals surface area (Å²) < 4.78 is 0. The van der Waals surface area contributed by atoms with Crippen LogP contribution in [0.5, 0.6) is 0 Å². The Labute approximate surface area is 187 Å². The van der Waals surface area contributed by atoms with E-state index in [2.05, 4.69) is 77.4 Å². The van der Waals surface area contributed by atoms with Crippen molar-refractivity contribution in [2.75, 3.05) is 5.32 Å². The molecule has 1 atom stereocenters. The molecular formula is C27H25N3S. The van der Waals surface area contributed by atoms with Gasteiger partial charge in [-0.15, -0.1) is 11.3 Å². The lowest BCUT2D eigenvalue weighted by molar-refractivity contribution is 0.533. The van der Waals surface area contributed by atoms with Gasteiger partial charge >= 0.3 is 0 Å². The molecule has 3 aromatic carbocycles. The van der Waals surface area contributed by atoms with E-state index in [4.69, 9.17) is 5.41 Å². The Kier molecular flexibility index (Phi) is 5.65. The van der Waals surface area contributed by atoms with Gasteiger partial charge in [0.2, 0.25) is 0 Å². The Morgan fingerprint density at radius 1 is 0.839 bits per heavy atom. The quantitative estimate of drug-likeness (QED) is 0.259. The molecule has 4 heteroatoms. The number of thiophene rings is 1. The zero-order chi connectivity index (χ0) is 21.0. The number of amidine groups is 1. The van der Waals surface area contributed by atoms with Gasteiger partial charge in [-0.2, -0.15) is 0 Å². The summed E-state index contributed by atoms with van der Waals surface area (Å²) in [6.45, 7) is 0.877. The van der Waals surface area contributed by atoms with Crippen LogP contribution in [-0.2, 0) is 19.4 Å². The molecule has 154 valence electrons. The highest BCUT2D eigenvalue weighted by Crippen LogP contribution is 2.26. The van der Waals surface area contributed by atoms with Crippen LogP contribution in [-0.4, -0.2) is 11.9 Å². The number of hydrogen-bond donors (Lipinski definition) is 3. The first-order valence-electron chi connectivity index (χ1n) is 10.6. The lowest BCUT2D eigenvalue weighted by Crippen LogP contribution is -2.28. The Hall–Kier alpha value is -3.21. The number of nitrogens with one attached hydrogen (secondary N) is 3. The molecule has 0 aliphatic heterocycles. The molecule has 3 N–H and O–H groups in total. The van der Waals surface area contributed by atoms with Crippen molar-refractivity contribution in [3.8, 4) is 11.1 Å². The second-order valence-electron chi connectivity index (χ2n) is 8.01. The third kappa shape index (κ3) is 4.61. The van der Waals surface area contributed by atoms with Crippen LogP contribution in [0.3, 0.4) is 0 Å². The van der Waals surface area contributed by atoms with Crippen molar-refractivity contribution in [2.45, 2.75) is 25.4 Å². The zero-order valence-electron chi connectivity index (χ0n) is 17.3. The maximum absolute atomic E-state index is 8.24. The first-order valence-corrected chi connectivity index (χ1v) is 11.5. The van der Waals surface area contributed by atoms with Crippen LogP contribution in [0, 0.1) is 5.41 Å². The van der Waals surface area contributed by atoms with E-state index < -0.39 is 0 Å². The molecule has 0 spiro atoms. The molecule has 5 rings (SSSR count). The van der Waals surface area contributed by atoms with Crippen LogP contribution in [0.1, 0.15) is 21.6 Å². The Morgan fingerprint density at radius 3 is 2.39 bits per heavy atom. The van der Waals surface area contributed by atoms with Gasteiger partial charge in [0.15, 0.2) is 0 Å². The van der Waals surface area contributed by atoms with Gasteiger partial charge in [-0.05, 0) is 64.2 Å². The minimum Gasteiger partial charge on any atom is -0.340 e. The topological polar surface area (TPSA) is 47.9 Å². The van der Waals surface area contributed by atoms with E-state index >= 15 is 0 Å². The van der Waals surface area contributed by atoms with Crippen molar-refractivity contribution in [1.29, 1.82) is 5.41 Å². The van der Waals surface area contributed by atoms with E-state index in [-0.39, 0.29) is 0 Å². The van der Waals surface area contributed by atoms with E-state index in [1.807, 2.05) is 23.6 Å². The van der Waals surface area contributed by atoms with Crippen molar-refractivity contribution in [2.24, 2.45) is 0 Å². The number of hydrogen-bond acceptors (Lipinski definition) is 3. The molecule has 1 heterocycles. The smallest absolute Gasteiger partial charge is 0.140 e. The summed E-state index contributed by atoms with van der Waals surface area (Å²) in [6, 6.07) is 30.2. The molecule has 0 bridgehead atoms. The summed E-state index contributed by atoms with van der Waals surface area (Å²) in [5, 5.41) is 17.2. The second-order valence-corrected chi connectivity index (χ2v) is 8.96. The van der Waals surface area contributed by atoms with Gasteiger partial charge in [-0.1, -0.05) is 66.7 Å². The van der Waals surface area contributed by atoms with E-state index in [0.29, 0.717) is 11.9 Å². The largest absolute Gasteiger partial charge is 0.340 e. The molecule has 1 aliphatic rings. The highest BCUT2D eigenvalue weighted by molar-refractivity contribution is 7.12. The monoisotopic (exact) mass is 423 g/mol. The van der Waals surface area contributed by atoms with Crippen LogP contribution in [0.15, 0.2) is 90.3 Å². The third-order valence-electron chi connectivity index (χ3n) is 5.83. The highest BCUT2D eigenvalue weighted by Gasteiger charge is 2.21. The zero-order valence-corrected chi connectivity index (χ0v) is 18.1. The van der Waals surface area contributed by atoms with Gasteiger partial charge in [-0.25, -0.2) is 0 Å². The number of benzene rings is 3. The summed E-state index contributed by atoms with van der Waals surface area (Å²) in [6.07, 6.45) is 2.08. The molecule has 3 nitrogen and oxygen atoms in total. The van der Waals surface area contributed by atoms with Crippen LogP contribution >= 0.6 is 11.3 Å². The van der Waals surface area contributed by atoms with Gasteiger partial charge in [-0.3, -0.25) is 5.41 Å². The predicted molar refractivity (Wildman–Crippen MR) is 131 cm³/mol. The van der Waals surface area contributed by atoms with Crippen molar-refractivity contribution < 1.29 is 0 Å². The molecule has 1 unspecified atom stereocenters. The maximum Gasteiger partial charge on any atom is 0.140 e. The Morgan fingerprint density at radius 2 is 1.61 bits per heavy atom. The second kappa shape index (κ2) is 8.88. The molecule has 4 aromatic rings. The van der Waals surface area contributed by atoms with Gasteiger partial charge < -0.3 is 10.6 Å². The first-order chi connectivity index (χ1) is 15.2. The molecule has 0 fully saturated rings. The van der Waals surface area contributed by atoms with Crippen LogP contribution in [0.2, 0.25) is 0 Å². The van der Waals surface area contributed by atoms with Crippen molar-refractivity contribution >= 4 is 22.9 Å². The molecule has 0 saturated carbocycles. The molecule has 0 saturated heterocycles. The summed E-state index contributed by atoms with van der Waals surface area (Å²) in [5.74, 6) is 0.460. The first kappa shape index (κ1) is 19.7. The Balaban J connectivity index is 1.17. The van der Waals surface area contributed by atoms with Crippen molar-refractivity contribution in [3.05, 3.63) is 112 Å². The SMILES string of the molecule is N=C(Nc1ccc2c(c1)CC(NCc1ccc(-c3ccccc3)cc1)C2)c1cccs1. The Bertz CT molecular complexity index is 1170. The minimum atomic E-state index is 0.454. The van der Waals surface area contributed by atoms with Crippen LogP contribution < -0.4 is 10.6 Å². The molecule has 1 aromatic heterocycles. The third-order valence-corrected chi connectivity index (χ3v) is 6.72. The molecular weight excluding hydrogens is 398 g/mol. The predicted octanol–water partition coefficient (Wildman–Crippen LogP) is 6.11. The number of anilines is 1.